The Morgan fingerprint density at radius 3 is 2.51 bits per heavy atom. The Balaban J connectivity index is 1.98. The second-order valence-corrected chi connectivity index (χ2v) is 10.8. The molecule has 37 heavy (non-hydrogen) atoms. The van der Waals surface area contributed by atoms with E-state index < -0.39 is 0 Å². The Hall–Kier alpha value is -3.58. The number of nitrogens with zero attached hydrogens (tertiary/aromatic N) is 1. The molecular weight excluding hydrogens is 446 g/mol. The van der Waals surface area contributed by atoms with Gasteiger partial charge in [-0.25, -0.2) is 0 Å². The molecule has 0 unspecified atom stereocenters. The van der Waals surface area contributed by atoms with Crippen molar-refractivity contribution in [1.29, 1.82) is 0 Å². The molecule has 1 aliphatic carbocycles. The molecule has 0 radical (unpaired) electrons. The van der Waals surface area contributed by atoms with Crippen molar-refractivity contribution in [3.05, 3.63) is 137 Å². The first-order valence-corrected chi connectivity index (χ1v) is 13.5. The van der Waals surface area contributed by atoms with Crippen LogP contribution in [0.25, 0.3) is 11.6 Å². The van der Waals surface area contributed by atoms with Crippen LogP contribution in [0.3, 0.4) is 0 Å². The molecule has 1 saturated heterocycles. The summed E-state index contributed by atoms with van der Waals surface area (Å²) in [7, 11) is 0. The van der Waals surface area contributed by atoms with Crippen LogP contribution in [0.4, 0.5) is 5.69 Å². The van der Waals surface area contributed by atoms with E-state index in [1.54, 1.807) is 0 Å². The summed E-state index contributed by atoms with van der Waals surface area (Å²) in [4.78, 5) is 2.41. The van der Waals surface area contributed by atoms with E-state index >= 15 is 0 Å². The summed E-state index contributed by atoms with van der Waals surface area (Å²) in [6.07, 6.45) is 23.4. The van der Waals surface area contributed by atoms with E-state index in [0.29, 0.717) is 0 Å². The third-order valence-corrected chi connectivity index (χ3v) is 7.35. The van der Waals surface area contributed by atoms with Gasteiger partial charge < -0.3 is 4.90 Å². The van der Waals surface area contributed by atoms with Crippen LogP contribution in [0.5, 0.6) is 0 Å². The molecule has 2 aromatic carbocycles. The number of allylic oxidation sites excluding steroid dienone is 12. The third-order valence-electron chi connectivity index (χ3n) is 7.35. The quantitative estimate of drug-likeness (QED) is 0.290. The smallest absolute Gasteiger partial charge is 0.0370 e. The third kappa shape index (κ3) is 6.41. The Morgan fingerprint density at radius 1 is 1.00 bits per heavy atom. The SMILES string of the molecule is C=C/C=C(\C=C/C=C\C)C(=C1/C/C=C\C=C/c2ccc(C)cc2CC1(C)C)/c1ccc(N2CC2)cc1C. The highest BCUT2D eigenvalue weighted by Gasteiger charge is 2.29. The van der Waals surface area contributed by atoms with Crippen molar-refractivity contribution in [3.63, 3.8) is 0 Å². The molecule has 1 heteroatoms. The van der Waals surface area contributed by atoms with Crippen molar-refractivity contribution in [2.45, 2.75) is 47.5 Å². The highest BCUT2D eigenvalue weighted by molar-refractivity contribution is 5.87. The maximum Gasteiger partial charge on any atom is 0.0370 e. The van der Waals surface area contributed by atoms with Crippen LogP contribution in [0.1, 0.15) is 55.0 Å². The summed E-state index contributed by atoms with van der Waals surface area (Å²) in [5, 5.41) is 0. The Labute approximate surface area is 224 Å². The molecule has 1 aliphatic heterocycles. The molecule has 2 aromatic rings. The number of aryl methyl sites for hydroxylation is 2. The van der Waals surface area contributed by atoms with Gasteiger partial charge in [-0.3, -0.25) is 0 Å². The number of benzene rings is 2. The van der Waals surface area contributed by atoms with Gasteiger partial charge in [-0.05, 0) is 84.6 Å². The van der Waals surface area contributed by atoms with E-state index in [9.17, 15) is 0 Å². The summed E-state index contributed by atoms with van der Waals surface area (Å²) in [5.74, 6) is 0. The molecule has 0 aromatic heterocycles. The van der Waals surface area contributed by atoms with Gasteiger partial charge in [0.2, 0.25) is 0 Å². The van der Waals surface area contributed by atoms with Crippen LogP contribution < -0.4 is 4.90 Å². The molecule has 1 nitrogen and oxygen atoms in total. The van der Waals surface area contributed by atoms with Crippen LogP contribution in [0.2, 0.25) is 0 Å². The van der Waals surface area contributed by atoms with Crippen LogP contribution in [-0.4, -0.2) is 13.1 Å². The molecular formula is C36H41N. The fourth-order valence-electron chi connectivity index (χ4n) is 5.32. The molecule has 1 heterocycles. The Morgan fingerprint density at radius 2 is 1.81 bits per heavy atom. The fraction of sp³-hybridized carbons (Fsp3) is 0.278. The van der Waals surface area contributed by atoms with Gasteiger partial charge in [0.15, 0.2) is 0 Å². The van der Waals surface area contributed by atoms with Crippen LogP contribution in [0, 0.1) is 19.3 Å². The van der Waals surface area contributed by atoms with E-state index in [1.165, 1.54) is 50.2 Å². The number of fused-ring (bicyclic) bond motifs is 1. The largest absolute Gasteiger partial charge is 0.368 e. The molecule has 0 atom stereocenters. The zero-order valence-corrected chi connectivity index (χ0v) is 23.2. The zero-order valence-electron chi connectivity index (χ0n) is 23.2. The van der Waals surface area contributed by atoms with E-state index in [1.807, 2.05) is 6.08 Å². The van der Waals surface area contributed by atoms with Gasteiger partial charge in [0.05, 0.1) is 0 Å². The van der Waals surface area contributed by atoms with E-state index in [4.69, 9.17) is 0 Å². The molecule has 2 aliphatic rings. The Kier molecular flexibility index (Phi) is 8.34. The van der Waals surface area contributed by atoms with E-state index in [0.717, 1.165) is 25.9 Å². The first-order chi connectivity index (χ1) is 17.8. The lowest BCUT2D eigenvalue weighted by molar-refractivity contribution is 0.437. The average molecular weight is 488 g/mol. The molecule has 0 saturated carbocycles. The summed E-state index contributed by atoms with van der Waals surface area (Å²) < 4.78 is 0. The maximum atomic E-state index is 4.07. The minimum Gasteiger partial charge on any atom is -0.368 e. The average Bonchev–Trinajstić information content (AvgIpc) is 3.70. The molecule has 0 bridgehead atoms. The van der Waals surface area contributed by atoms with Gasteiger partial charge in [0, 0.05) is 18.8 Å². The lowest BCUT2D eigenvalue weighted by Gasteiger charge is -2.33. The van der Waals surface area contributed by atoms with E-state index in [2.05, 4.69) is 137 Å². The maximum absolute atomic E-state index is 4.07. The lowest BCUT2D eigenvalue weighted by atomic mass is 9.71. The molecule has 4 rings (SSSR count). The van der Waals surface area contributed by atoms with Gasteiger partial charge in [-0.1, -0.05) is 117 Å². The lowest BCUT2D eigenvalue weighted by Crippen LogP contribution is -2.21. The number of hydrogen-bond donors (Lipinski definition) is 0. The standard InChI is InChI=1S/C36H41N/c1-7-9-11-16-30(14-8-2)35(33-21-20-32(25-28(33)4)37-22-23-37)34-17-13-10-12-15-29-19-18-27(3)24-31(29)26-36(34,5)6/h7-16,18-21,24-25H,2,17,22-23,26H2,1,3-6H3/b9-7-,13-10-,15-12-,16-11-,30-14+,35-34+. The van der Waals surface area contributed by atoms with Crippen molar-refractivity contribution in [3.8, 4) is 0 Å². The molecule has 0 amide bonds. The topological polar surface area (TPSA) is 3.01 Å². The van der Waals surface area contributed by atoms with E-state index in [-0.39, 0.29) is 5.41 Å². The Bertz CT molecular complexity index is 1330. The normalized spacial score (nSPS) is 20.6. The van der Waals surface area contributed by atoms with Gasteiger partial charge in [-0.2, -0.15) is 0 Å². The molecule has 1 fully saturated rings. The molecule has 0 N–H and O–H groups in total. The second kappa shape index (κ2) is 11.6. The summed E-state index contributed by atoms with van der Waals surface area (Å²) in [5.41, 5.74) is 11.9. The summed E-state index contributed by atoms with van der Waals surface area (Å²) in [6.45, 7) is 17.7. The van der Waals surface area contributed by atoms with Gasteiger partial charge in [0.1, 0.15) is 0 Å². The van der Waals surface area contributed by atoms with Gasteiger partial charge in [0.25, 0.3) is 0 Å². The van der Waals surface area contributed by atoms with Crippen molar-refractivity contribution < 1.29 is 0 Å². The minimum atomic E-state index is -0.0623. The fourth-order valence-corrected chi connectivity index (χ4v) is 5.32. The van der Waals surface area contributed by atoms with Crippen molar-refractivity contribution >= 4 is 17.3 Å². The van der Waals surface area contributed by atoms with Crippen molar-refractivity contribution in [1.82, 2.24) is 0 Å². The molecule has 0 spiro atoms. The van der Waals surface area contributed by atoms with Crippen LogP contribution in [-0.2, 0) is 6.42 Å². The number of anilines is 1. The first-order valence-electron chi connectivity index (χ1n) is 13.5. The van der Waals surface area contributed by atoms with Crippen LogP contribution in [0.15, 0.2) is 109 Å². The predicted octanol–water partition coefficient (Wildman–Crippen LogP) is 9.36. The monoisotopic (exact) mass is 487 g/mol. The van der Waals surface area contributed by atoms with Gasteiger partial charge in [-0.15, -0.1) is 0 Å². The zero-order chi connectivity index (χ0) is 26.4. The summed E-state index contributed by atoms with van der Waals surface area (Å²) >= 11 is 0. The van der Waals surface area contributed by atoms with Crippen LogP contribution >= 0.6 is 0 Å². The minimum absolute atomic E-state index is 0.0623. The van der Waals surface area contributed by atoms with Crippen molar-refractivity contribution in [2.75, 3.05) is 18.0 Å². The highest BCUT2D eigenvalue weighted by Crippen LogP contribution is 2.44. The van der Waals surface area contributed by atoms with Gasteiger partial charge >= 0.3 is 0 Å². The number of rotatable bonds is 6. The summed E-state index contributed by atoms with van der Waals surface area (Å²) in [6, 6.07) is 13.8. The highest BCUT2D eigenvalue weighted by atomic mass is 15.3. The van der Waals surface area contributed by atoms with Crippen molar-refractivity contribution in [2.24, 2.45) is 5.41 Å². The predicted molar refractivity (Wildman–Crippen MR) is 164 cm³/mol. The first kappa shape index (κ1) is 26.5. The second-order valence-electron chi connectivity index (χ2n) is 10.8. The molecule has 190 valence electrons. The number of hydrogen-bond acceptors (Lipinski definition) is 1.